The van der Waals surface area contributed by atoms with Crippen molar-refractivity contribution in [2.24, 2.45) is 11.7 Å². The first-order chi connectivity index (χ1) is 10.2. The lowest BCUT2D eigenvalue weighted by Gasteiger charge is -2.24. The van der Waals surface area contributed by atoms with Gasteiger partial charge < -0.3 is 20.1 Å². The zero-order valence-corrected chi connectivity index (χ0v) is 12.5. The molecule has 1 aliphatic heterocycles. The molecular formula is C16H21N3O2. The number of anilines is 1. The Hall–Kier alpha value is -2.01. The molecule has 2 aromatic rings. The van der Waals surface area contributed by atoms with Gasteiger partial charge in [-0.05, 0) is 36.0 Å². The summed E-state index contributed by atoms with van der Waals surface area (Å²) in [6.07, 6.45) is 1.83. The highest BCUT2D eigenvalue weighted by Crippen LogP contribution is 2.37. The Bertz CT molecular complexity index is 645. The molecule has 1 aliphatic rings. The van der Waals surface area contributed by atoms with Crippen LogP contribution in [0.1, 0.15) is 6.92 Å². The first-order valence-electron chi connectivity index (χ1n) is 7.28. The van der Waals surface area contributed by atoms with Crippen molar-refractivity contribution in [3.05, 3.63) is 24.4 Å². The minimum absolute atomic E-state index is 0.421. The van der Waals surface area contributed by atoms with Gasteiger partial charge in [0.1, 0.15) is 19.0 Å². The fraction of sp³-hybridized carbons (Fsp3) is 0.438. The highest BCUT2D eigenvalue weighted by molar-refractivity contribution is 5.94. The minimum Gasteiger partial charge on any atom is -0.486 e. The van der Waals surface area contributed by atoms with Crippen LogP contribution in [0.15, 0.2) is 24.4 Å². The second kappa shape index (κ2) is 5.77. The van der Waals surface area contributed by atoms with Crippen molar-refractivity contribution in [1.29, 1.82) is 0 Å². The monoisotopic (exact) mass is 287 g/mol. The maximum atomic E-state index is 5.72. The van der Waals surface area contributed by atoms with E-state index in [1.807, 2.05) is 31.4 Å². The molecule has 0 saturated carbocycles. The van der Waals surface area contributed by atoms with Gasteiger partial charge in [0.15, 0.2) is 11.5 Å². The van der Waals surface area contributed by atoms with E-state index in [1.54, 1.807) is 0 Å². The molecule has 2 heterocycles. The number of nitrogens with two attached hydrogens (primary N) is 1. The molecule has 2 N–H and O–H groups in total. The van der Waals surface area contributed by atoms with Gasteiger partial charge in [-0.3, -0.25) is 0 Å². The minimum atomic E-state index is 0.421. The number of fused-ring (bicyclic) bond motifs is 2. The molecule has 1 unspecified atom stereocenters. The predicted octanol–water partition coefficient (Wildman–Crippen LogP) is 2.04. The number of ether oxygens (including phenoxy) is 2. The quantitative estimate of drug-likeness (QED) is 0.932. The van der Waals surface area contributed by atoms with Crippen LogP contribution >= 0.6 is 0 Å². The topological polar surface area (TPSA) is 60.6 Å². The molecule has 0 radical (unpaired) electrons. The smallest absolute Gasteiger partial charge is 0.162 e. The summed E-state index contributed by atoms with van der Waals surface area (Å²) < 4.78 is 11.3. The van der Waals surface area contributed by atoms with Crippen LogP contribution in [-0.4, -0.2) is 38.3 Å². The summed E-state index contributed by atoms with van der Waals surface area (Å²) in [5, 5.41) is 2.19. The molecular weight excluding hydrogens is 266 g/mol. The third-order valence-electron chi connectivity index (χ3n) is 3.76. The highest BCUT2D eigenvalue weighted by Gasteiger charge is 2.16. The van der Waals surface area contributed by atoms with Gasteiger partial charge in [0, 0.05) is 25.2 Å². The van der Waals surface area contributed by atoms with E-state index in [0.29, 0.717) is 25.7 Å². The van der Waals surface area contributed by atoms with E-state index in [9.17, 15) is 0 Å². The summed E-state index contributed by atoms with van der Waals surface area (Å²) in [5.74, 6) is 2.97. The third-order valence-corrected chi connectivity index (χ3v) is 3.76. The van der Waals surface area contributed by atoms with Crippen molar-refractivity contribution in [1.82, 2.24) is 4.98 Å². The fourth-order valence-corrected chi connectivity index (χ4v) is 2.63. The molecule has 1 aromatic carbocycles. The molecule has 0 aliphatic carbocycles. The number of benzene rings is 1. The lowest BCUT2D eigenvalue weighted by molar-refractivity contribution is 0.172. The van der Waals surface area contributed by atoms with Gasteiger partial charge in [-0.2, -0.15) is 0 Å². The van der Waals surface area contributed by atoms with Crippen LogP contribution in [-0.2, 0) is 0 Å². The molecule has 0 bridgehead atoms. The van der Waals surface area contributed by atoms with Gasteiger partial charge >= 0.3 is 0 Å². The molecule has 0 fully saturated rings. The van der Waals surface area contributed by atoms with Crippen LogP contribution in [0, 0.1) is 5.92 Å². The second-order valence-corrected chi connectivity index (χ2v) is 5.57. The summed E-state index contributed by atoms with van der Waals surface area (Å²) in [6.45, 7) is 4.87. The standard InChI is InChI=1S/C16H21N3O2/c1-11(9-17)10-19(2)16-13-8-15-14(20-5-6-21-15)7-12(13)3-4-18-16/h3-4,7-8,11H,5-6,9-10,17H2,1-2H3. The Morgan fingerprint density at radius 1 is 1.29 bits per heavy atom. The lowest BCUT2D eigenvalue weighted by atomic mass is 10.1. The van der Waals surface area contributed by atoms with Crippen LogP contribution in [0.25, 0.3) is 10.8 Å². The first-order valence-corrected chi connectivity index (χ1v) is 7.28. The Morgan fingerprint density at radius 2 is 2.00 bits per heavy atom. The second-order valence-electron chi connectivity index (χ2n) is 5.57. The SMILES string of the molecule is CC(CN)CN(C)c1nccc2cc3c(cc12)OCCO3. The number of hydrogen-bond donors (Lipinski definition) is 1. The van der Waals surface area contributed by atoms with E-state index < -0.39 is 0 Å². The average molecular weight is 287 g/mol. The number of rotatable bonds is 4. The average Bonchev–Trinajstić information content (AvgIpc) is 2.52. The fourth-order valence-electron chi connectivity index (χ4n) is 2.63. The van der Waals surface area contributed by atoms with Crippen molar-refractivity contribution in [3.63, 3.8) is 0 Å². The van der Waals surface area contributed by atoms with E-state index >= 15 is 0 Å². The molecule has 0 spiro atoms. The lowest BCUT2D eigenvalue weighted by Crippen LogP contribution is -2.28. The Kier molecular flexibility index (Phi) is 3.84. The summed E-state index contributed by atoms with van der Waals surface area (Å²) >= 11 is 0. The molecule has 5 heteroatoms. The summed E-state index contributed by atoms with van der Waals surface area (Å²) in [6, 6.07) is 6.04. The summed E-state index contributed by atoms with van der Waals surface area (Å²) in [7, 11) is 2.05. The van der Waals surface area contributed by atoms with Gasteiger partial charge in [0.05, 0.1) is 0 Å². The number of aromatic nitrogens is 1. The van der Waals surface area contributed by atoms with Crippen LogP contribution in [0.3, 0.4) is 0 Å². The zero-order chi connectivity index (χ0) is 14.8. The largest absolute Gasteiger partial charge is 0.486 e. The third kappa shape index (κ3) is 2.74. The first kappa shape index (κ1) is 13.9. The number of pyridine rings is 1. The van der Waals surface area contributed by atoms with E-state index in [0.717, 1.165) is 34.6 Å². The van der Waals surface area contributed by atoms with Gasteiger partial charge in [-0.25, -0.2) is 4.98 Å². The molecule has 1 aromatic heterocycles. The number of hydrogen-bond acceptors (Lipinski definition) is 5. The maximum Gasteiger partial charge on any atom is 0.162 e. The molecule has 1 atom stereocenters. The summed E-state index contributed by atoms with van der Waals surface area (Å²) in [5.41, 5.74) is 5.72. The zero-order valence-electron chi connectivity index (χ0n) is 12.5. The highest BCUT2D eigenvalue weighted by atomic mass is 16.6. The van der Waals surface area contributed by atoms with Crippen LogP contribution < -0.4 is 20.1 Å². The van der Waals surface area contributed by atoms with Crippen molar-refractivity contribution < 1.29 is 9.47 Å². The predicted molar refractivity (Wildman–Crippen MR) is 84.2 cm³/mol. The van der Waals surface area contributed by atoms with Crippen molar-refractivity contribution in [2.75, 3.05) is 38.3 Å². The van der Waals surface area contributed by atoms with Crippen LogP contribution in [0.5, 0.6) is 11.5 Å². The molecule has 0 amide bonds. The van der Waals surface area contributed by atoms with Gasteiger partial charge in [-0.15, -0.1) is 0 Å². The van der Waals surface area contributed by atoms with E-state index in [2.05, 4.69) is 16.8 Å². The van der Waals surface area contributed by atoms with E-state index in [1.165, 1.54) is 0 Å². The van der Waals surface area contributed by atoms with Gasteiger partial charge in [-0.1, -0.05) is 6.92 Å². The van der Waals surface area contributed by atoms with Crippen LogP contribution in [0.4, 0.5) is 5.82 Å². The van der Waals surface area contributed by atoms with Crippen LogP contribution in [0.2, 0.25) is 0 Å². The van der Waals surface area contributed by atoms with E-state index in [-0.39, 0.29) is 0 Å². The molecule has 5 nitrogen and oxygen atoms in total. The van der Waals surface area contributed by atoms with Gasteiger partial charge in [0.2, 0.25) is 0 Å². The number of nitrogens with zero attached hydrogens (tertiary/aromatic N) is 2. The Morgan fingerprint density at radius 3 is 2.71 bits per heavy atom. The molecule has 112 valence electrons. The molecule has 0 saturated heterocycles. The Labute approximate surface area is 124 Å². The van der Waals surface area contributed by atoms with Crippen molar-refractivity contribution in [3.8, 4) is 11.5 Å². The van der Waals surface area contributed by atoms with Crippen molar-refractivity contribution >= 4 is 16.6 Å². The van der Waals surface area contributed by atoms with Crippen molar-refractivity contribution in [2.45, 2.75) is 6.92 Å². The van der Waals surface area contributed by atoms with Gasteiger partial charge in [0.25, 0.3) is 0 Å². The molecule has 3 rings (SSSR count). The Balaban J connectivity index is 2.02. The summed E-state index contributed by atoms with van der Waals surface area (Å²) in [4.78, 5) is 6.68. The van der Waals surface area contributed by atoms with E-state index in [4.69, 9.17) is 15.2 Å². The normalized spacial score (nSPS) is 15.0. The molecule has 21 heavy (non-hydrogen) atoms. The maximum absolute atomic E-state index is 5.72.